The predicted molar refractivity (Wildman–Crippen MR) is 85.3 cm³/mol. The van der Waals surface area contributed by atoms with Crippen molar-refractivity contribution in [3.8, 4) is 5.75 Å². The third-order valence-electron chi connectivity index (χ3n) is 3.57. The molecule has 0 atom stereocenters. The fourth-order valence-electron chi connectivity index (χ4n) is 2.30. The van der Waals surface area contributed by atoms with Crippen LogP contribution in [0, 0.1) is 13.8 Å². The van der Waals surface area contributed by atoms with Crippen molar-refractivity contribution in [2.45, 2.75) is 33.7 Å². The minimum absolute atomic E-state index is 0.0763. The molecule has 0 aliphatic carbocycles. The Labute approximate surface area is 134 Å². The van der Waals surface area contributed by atoms with Gasteiger partial charge in [0.05, 0.1) is 25.0 Å². The molecule has 0 aromatic carbocycles. The van der Waals surface area contributed by atoms with Crippen LogP contribution in [0.15, 0.2) is 6.20 Å². The van der Waals surface area contributed by atoms with Crippen LogP contribution in [0.5, 0.6) is 5.75 Å². The third kappa shape index (κ3) is 3.09. The summed E-state index contributed by atoms with van der Waals surface area (Å²) in [6.45, 7) is 6.29. The third-order valence-corrected chi connectivity index (χ3v) is 4.32. The highest BCUT2D eigenvalue weighted by molar-refractivity contribution is 7.07. The number of hydrogen-bond donors (Lipinski definition) is 0. The van der Waals surface area contributed by atoms with Crippen LogP contribution in [0.2, 0.25) is 0 Å². The summed E-state index contributed by atoms with van der Waals surface area (Å²) >= 11 is 1.14. The molecule has 6 nitrogen and oxygen atoms in total. The van der Waals surface area contributed by atoms with Crippen LogP contribution in [0.4, 0.5) is 0 Å². The summed E-state index contributed by atoms with van der Waals surface area (Å²) in [5, 5.41) is 3.99. The van der Waals surface area contributed by atoms with E-state index in [-0.39, 0.29) is 5.91 Å². The Hall–Kier alpha value is -2.02. The van der Waals surface area contributed by atoms with Crippen LogP contribution in [0.1, 0.15) is 39.1 Å². The number of pyridine rings is 1. The zero-order valence-corrected chi connectivity index (χ0v) is 14.3. The smallest absolute Gasteiger partial charge is 0.267 e. The fraction of sp³-hybridized carbons (Fsp3) is 0.467. The van der Waals surface area contributed by atoms with Crippen molar-refractivity contribution in [2.75, 3.05) is 14.2 Å². The Bertz CT molecular complexity index is 684. The Kier molecular flexibility index (Phi) is 5.07. The van der Waals surface area contributed by atoms with Crippen molar-refractivity contribution in [1.29, 1.82) is 0 Å². The maximum atomic E-state index is 12.5. The fourth-order valence-corrected chi connectivity index (χ4v) is 3.05. The second kappa shape index (κ2) is 6.83. The van der Waals surface area contributed by atoms with Gasteiger partial charge < -0.3 is 9.64 Å². The highest BCUT2D eigenvalue weighted by Crippen LogP contribution is 2.25. The maximum Gasteiger partial charge on any atom is 0.267 e. The number of aromatic nitrogens is 3. The molecule has 0 radical (unpaired) electrons. The van der Waals surface area contributed by atoms with Crippen LogP contribution in [-0.2, 0) is 13.0 Å². The summed E-state index contributed by atoms with van der Waals surface area (Å²) in [4.78, 5) is 19.2. The van der Waals surface area contributed by atoms with Crippen LogP contribution in [0.25, 0.3) is 0 Å². The average Bonchev–Trinajstić information content (AvgIpc) is 2.98. The van der Waals surface area contributed by atoms with Crippen LogP contribution < -0.4 is 4.74 Å². The molecule has 22 heavy (non-hydrogen) atoms. The zero-order chi connectivity index (χ0) is 16.3. The molecule has 0 bridgehead atoms. The van der Waals surface area contributed by atoms with E-state index in [0.717, 1.165) is 39.8 Å². The van der Waals surface area contributed by atoms with Gasteiger partial charge in [0.2, 0.25) is 0 Å². The number of amides is 1. The molecular weight excluding hydrogens is 300 g/mol. The molecule has 0 aliphatic heterocycles. The van der Waals surface area contributed by atoms with Gasteiger partial charge >= 0.3 is 0 Å². The van der Waals surface area contributed by atoms with Gasteiger partial charge in [-0.05, 0) is 31.8 Å². The van der Waals surface area contributed by atoms with Gasteiger partial charge in [-0.25, -0.2) is 0 Å². The predicted octanol–water partition coefficient (Wildman–Crippen LogP) is 2.39. The van der Waals surface area contributed by atoms with Gasteiger partial charge in [-0.15, -0.1) is 5.10 Å². The molecule has 118 valence electrons. The van der Waals surface area contributed by atoms with E-state index in [2.05, 4.69) is 14.6 Å². The molecule has 0 saturated carbocycles. The first-order valence-corrected chi connectivity index (χ1v) is 7.82. The zero-order valence-electron chi connectivity index (χ0n) is 13.5. The summed E-state index contributed by atoms with van der Waals surface area (Å²) in [5.41, 5.74) is 3.51. The quantitative estimate of drug-likeness (QED) is 0.846. The van der Waals surface area contributed by atoms with E-state index in [1.807, 2.05) is 20.8 Å². The van der Waals surface area contributed by atoms with E-state index in [1.165, 1.54) is 0 Å². The van der Waals surface area contributed by atoms with Crippen molar-refractivity contribution < 1.29 is 9.53 Å². The molecule has 1 amide bonds. The molecule has 0 spiro atoms. The Morgan fingerprint density at radius 2 is 2.09 bits per heavy atom. The van der Waals surface area contributed by atoms with Gasteiger partial charge in [-0.2, -0.15) is 0 Å². The Morgan fingerprint density at radius 1 is 1.36 bits per heavy atom. The lowest BCUT2D eigenvalue weighted by Crippen LogP contribution is -2.27. The number of aryl methyl sites for hydroxylation is 2. The maximum absolute atomic E-state index is 12.5. The van der Waals surface area contributed by atoms with Crippen molar-refractivity contribution >= 4 is 17.4 Å². The molecular formula is C15H20N4O2S. The molecule has 0 fully saturated rings. The molecule has 2 aromatic rings. The average molecular weight is 320 g/mol. The summed E-state index contributed by atoms with van der Waals surface area (Å²) in [6, 6.07) is 0. The number of methoxy groups -OCH3 is 1. The van der Waals surface area contributed by atoms with Crippen molar-refractivity contribution in [2.24, 2.45) is 0 Å². The van der Waals surface area contributed by atoms with E-state index >= 15 is 0 Å². The number of hydrogen-bond acceptors (Lipinski definition) is 6. The number of ether oxygens (including phenoxy) is 1. The lowest BCUT2D eigenvalue weighted by molar-refractivity contribution is 0.0786. The molecule has 0 N–H and O–H groups in total. The summed E-state index contributed by atoms with van der Waals surface area (Å²) in [7, 11) is 3.40. The van der Waals surface area contributed by atoms with Crippen LogP contribution >= 0.6 is 11.5 Å². The summed E-state index contributed by atoms with van der Waals surface area (Å²) in [6.07, 6.45) is 2.46. The van der Waals surface area contributed by atoms with E-state index in [0.29, 0.717) is 17.8 Å². The highest BCUT2D eigenvalue weighted by atomic mass is 32.1. The first-order chi connectivity index (χ1) is 10.5. The normalized spacial score (nSPS) is 10.6. The van der Waals surface area contributed by atoms with E-state index in [9.17, 15) is 4.79 Å². The molecule has 2 heterocycles. The Morgan fingerprint density at radius 3 is 2.73 bits per heavy atom. The van der Waals surface area contributed by atoms with E-state index in [1.54, 1.807) is 25.3 Å². The van der Waals surface area contributed by atoms with Crippen LogP contribution in [0.3, 0.4) is 0 Å². The van der Waals surface area contributed by atoms with Gasteiger partial charge in [-0.3, -0.25) is 9.78 Å². The topological polar surface area (TPSA) is 68.2 Å². The highest BCUT2D eigenvalue weighted by Gasteiger charge is 2.20. The van der Waals surface area contributed by atoms with Gasteiger partial charge in [0.1, 0.15) is 10.6 Å². The van der Waals surface area contributed by atoms with Crippen LogP contribution in [-0.4, -0.2) is 39.5 Å². The second-order valence-corrected chi connectivity index (χ2v) is 5.86. The minimum atomic E-state index is -0.0763. The number of carbonyl (C=O) groups excluding carboxylic acids is 1. The van der Waals surface area contributed by atoms with Crippen molar-refractivity contribution in [3.63, 3.8) is 0 Å². The summed E-state index contributed by atoms with van der Waals surface area (Å²) in [5.74, 6) is 0.743. The monoisotopic (exact) mass is 320 g/mol. The van der Waals surface area contributed by atoms with E-state index in [4.69, 9.17) is 4.74 Å². The van der Waals surface area contributed by atoms with Crippen molar-refractivity contribution in [1.82, 2.24) is 19.5 Å². The standard InChI is InChI=1S/C15H20N4O2S/c1-6-11-14(22-18-17-11)15(20)19(4)8-12-10(3)13(21-5)9(2)7-16-12/h7H,6,8H2,1-5H3. The SMILES string of the molecule is CCc1nnsc1C(=O)N(C)Cc1ncc(C)c(OC)c1C. The molecule has 0 unspecified atom stereocenters. The van der Waals surface area contributed by atoms with Gasteiger partial charge in [-0.1, -0.05) is 11.4 Å². The minimum Gasteiger partial charge on any atom is -0.496 e. The summed E-state index contributed by atoms with van der Waals surface area (Å²) < 4.78 is 9.27. The lowest BCUT2D eigenvalue weighted by Gasteiger charge is -2.19. The largest absolute Gasteiger partial charge is 0.496 e. The van der Waals surface area contributed by atoms with Gasteiger partial charge in [0.25, 0.3) is 5.91 Å². The first kappa shape index (κ1) is 16.4. The lowest BCUT2D eigenvalue weighted by atomic mass is 10.1. The molecule has 2 aromatic heterocycles. The van der Waals surface area contributed by atoms with Gasteiger partial charge in [0.15, 0.2) is 0 Å². The Balaban J connectivity index is 2.22. The van der Waals surface area contributed by atoms with E-state index < -0.39 is 0 Å². The molecule has 2 rings (SSSR count). The second-order valence-electron chi connectivity index (χ2n) is 5.11. The first-order valence-electron chi connectivity index (χ1n) is 7.05. The number of nitrogens with zero attached hydrogens (tertiary/aromatic N) is 4. The van der Waals surface area contributed by atoms with Crippen molar-refractivity contribution in [3.05, 3.63) is 33.6 Å². The molecule has 7 heteroatoms. The number of rotatable bonds is 5. The molecule has 0 aliphatic rings. The number of carbonyl (C=O) groups is 1. The van der Waals surface area contributed by atoms with Gasteiger partial charge in [0, 0.05) is 24.4 Å². The molecule has 0 saturated heterocycles.